The molecule has 0 fully saturated rings. The minimum Gasteiger partial charge on any atom is -0.382 e. The quantitative estimate of drug-likeness (QED) is 0.751. The van der Waals surface area contributed by atoms with Gasteiger partial charge in [-0.1, -0.05) is 29.3 Å². The maximum absolute atomic E-state index is 10.4. The summed E-state index contributed by atoms with van der Waals surface area (Å²) in [4.78, 5) is 7.17. The van der Waals surface area contributed by atoms with Crippen molar-refractivity contribution in [3.05, 3.63) is 64.0 Å². The average molecular weight is 293 g/mol. The number of aliphatic hydroxyl groups excluding tert-OH is 1. The number of aromatic nitrogens is 2. The molecule has 3 aromatic rings. The van der Waals surface area contributed by atoms with Crippen molar-refractivity contribution in [1.82, 2.24) is 9.97 Å². The maximum atomic E-state index is 10.4. The van der Waals surface area contributed by atoms with Crippen LogP contribution in [0.5, 0.6) is 0 Å². The third-order valence-corrected chi connectivity index (χ3v) is 3.74. The third kappa shape index (κ3) is 2.32. The van der Waals surface area contributed by atoms with Gasteiger partial charge in [0.2, 0.25) is 0 Å². The Bertz CT molecular complexity index is 706. The van der Waals surface area contributed by atoms with Crippen molar-refractivity contribution in [1.29, 1.82) is 0 Å². The highest BCUT2D eigenvalue weighted by Gasteiger charge is 2.14. The maximum Gasteiger partial charge on any atom is 0.119 e. The summed E-state index contributed by atoms with van der Waals surface area (Å²) in [5.41, 5.74) is 2.27. The summed E-state index contributed by atoms with van der Waals surface area (Å²) in [5.74, 6) is 0. The Balaban J connectivity index is 2.02. The lowest BCUT2D eigenvalue weighted by Gasteiger charge is -2.10. The minimum atomic E-state index is -0.776. The molecule has 0 aliphatic rings. The van der Waals surface area contributed by atoms with Crippen LogP contribution in [0.2, 0.25) is 10.0 Å². The van der Waals surface area contributed by atoms with Crippen LogP contribution < -0.4 is 0 Å². The Morgan fingerprint density at radius 3 is 2.68 bits per heavy atom. The fourth-order valence-corrected chi connectivity index (χ4v) is 2.31. The van der Waals surface area contributed by atoms with Crippen LogP contribution in [0.4, 0.5) is 0 Å². The molecule has 0 aliphatic heterocycles. The highest BCUT2D eigenvalue weighted by molar-refractivity contribution is 6.42. The van der Waals surface area contributed by atoms with Gasteiger partial charge in [-0.05, 0) is 29.8 Å². The molecule has 19 heavy (non-hydrogen) atoms. The molecule has 3 rings (SSSR count). The van der Waals surface area contributed by atoms with E-state index < -0.39 is 6.10 Å². The highest BCUT2D eigenvalue weighted by Crippen LogP contribution is 2.29. The number of halogens is 2. The first-order chi connectivity index (χ1) is 9.15. The van der Waals surface area contributed by atoms with Crippen LogP contribution in [-0.2, 0) is 0 Å². The van der Waals surface area contributed by atoms with Crippen molar-refractivity contribution in [2.24, 2.45) is 0 Å². The fourth-order valence-electron chi connectivity index (χ4n) is 2.00. The lowest BCUT2D eigenvalue weighted by molar-refractivity contribution is 0.216. The molecule has 0 spiro atoms. The Labute approximate surface area is 119 Å². The monoisotopic (exact) mass is 292 g/mol. The van der Waals surface area contributed by atoms with E-state index in [1.165, 1.54) is 0 Å². The second-order valence-corrected chi connectivity index (χ2v) is 5.08. The number of aromatic amines is 1. The van der Waals surface area contributed by atoms with Gasteiger partial charge in [0.05, 0.1) is 21.8 Å². The minimum absolute atomic E-state index is 0.427. The second-order valence-electron chi connectivity index (χ2n) is 4.26. The van der Waals surface area contributed by atoms with Gasteiger partial charge in [0.15, 0.2) is 0 Å². The molecule has 5 heteroatoms. The number of pyridine rings is 1. The summed E-state index contributed by atoms with van der Waals surface area (Å²) in [6, 6.07) is 8.87. The zero-order valence-electron chi connectivity index (χ0n) is 9.77. The van der Waals surface area contributed by atoms with Crippen molar-refractivity contribution in [2.75, 3.05) is 0 Å². The van der Waals surface area contributed by atoms with Crippen LogP contribution in [0, 0.1) is 0 Å². The molecule has 96 valence electrons. The van der Waals surface area contributed by atoms with Gasteiger partial charge in [-0.15, -0.1) is 0 Å². The molecule has 0 amide bonds. The highest BCUT2D eigenvalue weighted by atomic mass is 35.5. The molecular weight excluding hydrogens is 283 g/mol. The Morgan fingerprint density at radius 2 is 1.95 bits per heavy atom. The molecule has 2 N–H and O–H groups in total. The van der Waals surface area contributed by atoms with Crippen LogP contribution in [-0.4, -0.2) is 15.1 Å². The number of nitrogens with zero attached hydrogens (tertiary/aromatic N) is 1. The van der Waals surface area contributed by atoms with Crippen LogP contribution in [0.3, 0.4) is 0 Å². The lowest BCUT2D eigenvalue weighted by Crippen LogP contribution is -1.99. The zero-order chi connectivity index (χ0) is 13.4. The predicted octanol–water partition coefficient (Wildman–Crippen LogP) is 3.95. The number of hydrogen-bond donors (Lipinski definition) is 2. The van der Waals surface area contributed by atoms with Crippen molar-refractivity contribution >= 4 is 34.1 Å². The summed E-state index contributed by atoms with van der Waals surface area (Å²) in [7, 11) is 0. The van der Waals surface area contributed by atoms with E-state index in [2.05, 4.69) is 9.97 Å². The van der Waals surface area contributed by atoms with E-state index in [0.29, 0.717) is 21.3 Å². The summed E-state index contributed by atoms with van der Waals surface area (Å²) in [6.45, 7) is 0. The second kappa shape index (κ2) is 4.85. The van der Waals surface area contributed by atoms with E-state index in [9.17, 15) is 5.11 Å². The molecule has 2 heterocycles. The first kappa shape index (κ1) is 12.5. The molecule has 3 nitrogen and oxygen atoms in total. The van der Waals surface area contributed by atoms with Gasteiger partial charge in [-0.25, -0.2) is 0 Å². The number of benzene rings is 1. The average Bonchev–Trinajstić information content (AvgIpc) is 2.85. The molecule has 0 unspecified atom stereocenters. The summed E-state index contributed by atoms with van der Waals surface area (Å²) in [5, 5.41) is 12.3. The first-order valence-corrected chi connectivity index (χ1v) is 6.46. The topological polar surface area (TPSA) is 48.9 Å². The van der Waals surface area contributed by atoms with E-state index in [4.69, 9.17) is 23.2 Å². The number of aliphatic hydroxyl groups is 1. The largest absolute Gasteiger partial charge is 0.382 e. The van der Waals surface area contributed by atoms with Crippen molar-refractivity contribution < 1.29 is 5.11 Å². The standard InChI is InChI=1S/C14H10Cl2N2O/c15-10-2-1-9(5-11(10)16)14(19)12-6-8-3-4-17-7-13(8)18-12/h1-7,14,18-19H/t14-/m0/s1. The number of hydrogen-bond acceptors (Lipinski definition) is 2. The van der Waals surface area contributed by atoms with Crippen molar-refractivity contribution in [3.8, 4) is 0 Å². The van der Waals surface area contributed by atoms with E-state index in [0.717, 1.165) is 10.9 Å². The zero-order valence-corrected chi connectivity index (χ0v) is 11.3. The van der Waals surface area contributed by atoms with Gasteiger partial charge in [-0.2, -0.15) is 0 Å². The van der Waals surface area contributed by atoms with Gasteiger partial charge in [0.1, 0.15) is 6.10 Å². The Hall–Kier alpha value is -1.55. The van der Waals surface area contributed by atoms with Crippen LogP contribution in [0.1, 0.15) is 17.4 Å². The third-order valence-electron chi connectivity index (χ3n) is 3.00. The van der Waals surface area contributed by atoms with E-state index in [1.54, 1.807) is 30.6 Å². The number of fused-ring (bicyclic) bond motifs is 1. The number of H-pyrrole nitrogens is 1. The molecule has 0 radical (unpaired) electrons. The predicted molar refractivity (Wildman–Crippen MR) is 76.6 cm³/mol. The molecule has 0 saturated heterocycles. The van der Waals surface area contributed by atoms with Crippen molar-refractivity contribution in [2.45, 2.75) is 6.10 Å². The Morgan fingerprint density at radius 1 is 1.11 bits per heavy atom. The van der Waals surface area contributed by atoms with E-state index in [-0.39, 0.29) is 0 Å². The number of rotatable bonds is 2. The van der Waals surface area contributed by atoms with Crippen LogP contribution in [0.15, 0.2) is 42.7 Å². The molecule has 0 bridgehead atoms. The number of nitrogens with one attached hydrogen (secondary N) is 1. The SMILES string of the molecule is O[C@@H](c1ccc(Cl)c(Cl)c1)c1cc2ccncc2[nH]1. The van der Waals surface area contributed by atoms with Gasteiger partial charge < -0.3 is 10.1 Å². The van der Waals surface area contributed by atoms with Gasteiger partial charge in [0.25, 0.3) is 0 Å². The smallest absolute Gasteiger partial charge is 0.119 e. The molecule has 0 saturated carbocycles. The van der Waals surface area contributed by atoms with Gasteiger partial charge in [-0.3, -0.25) is 4.98 Å². The molecule has 1 atom stereocenters. The normalized spacial score (nSPS) is 12.8. The van der Waals surface area contributed by atoms with E-state index in [1.807, 2.05) is 12.1 Å². The Kier molecular flexibility index (Phi) is 3.19. The van der Waals surface area contributed by atoms with E-state index >= 15 is 0 Å². The van der Waals surface area contributed by atoms with Crippen LogP contribution in [0.25, 0.3) is 10.9 Å². The lowest BCUT2D eigenvalue weighted by atomic mass is 10.1. The summed E-state index contributed by atoms with van der Waals surface area (Å²) < 4.78 is 0. The summed E-state index contributed by atoms with van der Waals surface area (Å²) >= 11 is 11.8. The molecule has 1 aromatic carbocycles. The van der Waals surface area contributed by atoms with Gasteiger partial charge in [0, 0.05) is 17.3 Å². The molecule has 0 aliphatic carbocycles. The molecular formula is C14H10Cl2N2O. The summed E-state index contributed by atoms with van der Waals surface area (Å²) in [6.07, 6.45) is 2.66. The van der Waals surface area contributed by atoms with Gasteiger partial charge >= 0.3 is 0 Å². The van der Waals surface area contributed by atoms with Crippen LogP contribution >= 0.6 is 23.2 Å². The fraction of sp³-hybridized carbons (Fsp3) is 0.0714. The first-order valence-electron chi connectivity index (χ1n) is 5.71. The van der Waals surface area contributed by atoms with Crippen molar-refractivity contribution in [3.63, 3.8) is 0 Å². The molecule has 2 aromatic heterocycles.